The Hall–Kier alpha value is -1.94. The first-order chi connectivity index (χ1) is 50.4. The molecule has 0 aliphatic rings. The van der Waals surface area contributed by atoms with Crippen LogP contribution in [-0.2, 0) is 65.4 Å². The van der Waals surface area contributed by atoms with Gasteiger partial charge >= 0.3 is 39.5 Å². The van der Waals surface area contributed by atoms with Gasteiger partial charge in [-0.15, -0.1) is 0 Å². The van der Waals surface area contributed by atoms with Gasteiger partial charge in [-0.2, -0.15) is 0 Å². The molecule has 0 fully saturated rings. The normalized spacial score (nSPS) is 13.8. The largest absolute Gasteiger partial charge is 0.472 e. The molecule has 0 heterocycles. The summed E-state index contributed by atoms with van der Waals surface area (Å²) >= 11 is 0. The Morgan fingerprint density at radius 3 is 0.654 bits per heavy atom. The van der Waals surface area contributed by atoms with Crippen molar-refractivity contribution < 1.29 is 80.2 Å². The molecule has 2 unspecified atom stereocenters. The summed E-state index contributed by atoms with van der Waals surface area (Å²) in [5.74, 6) is -0.650. The number of hydrogen-bond acceptors (Lipinski definition) is 15. The van der Waals surface area contributed by atoms with E-state index in [0.717, 1.165) is 102 Å². The first-order valence-corrected chi connectivity index (χ1v) is 47.0. The Labute approximate surface area is 638 Å². The van der Waals surface area contributed by atoms with E-state index in [-0.39, 0.29) is 25.7 Å². The summed E-state index contributed by atoms with van der Waals surface area (Å²) in [6.07, 6.45) is 68.3. The van der Waals surface area contributed by atoms with Crippen LogP contribution >= 0.6 is 15.6 Å². The van der Waals surface area contributed by atoms with Gasteiger partial charge in [0.2, 0.25) is 0 Å². The standard InChI is InChI=1S/C85H166O17P2/c1-7-9-11-13-15-17-19-21-23-25-27-28-29-31-33-35-37-39-44-50-57-63-69-84(89)101-80(73-95-82(87)67-61-55-49-43-38-36-34-32-30-26-24-22-20-18-16-14-12-10-8-2)75-99-103(91,92)97-71-79(86)72-98-104(93,94)100-76-81(74-96-83(88)68-62-56-52-46-48-54-60-66-78(5)6)102-85(90)70-64-58-51-45-41-40-42-47-53-59-65-77(3)4/h77-81,86H,7-76H2,1-6H3,(H,91,92)(H,93,94)/t79-,80-,81-/m1/s1. The Morgan fingerprint density at radius 1 is 0.260 bits per heavy atom. The van der Waals surface area contributed by atoms with E-state index in [9.17, 15) is 43.2 Å². The molecule has 0 aromatic rings. The molecule has 0 radical (unpaired) electrons. The van der Waals surface area contributed by atoms with Crippen molar-refractivity contribution >= 4 is 39.5 Å². The fourth-order valence-electron chi connectivity index (χ4n) is 13.2. The zero-order chi connectivity index (χ0) is 76.4. The molecule has 0 spiro atoms. The van der Waals surface area contributed by atoms with Crippen molar-refractivity contribution in [2.75, 3.05) is 39.6 Å². The molecule has 0 amide bonds. The van der Waals surface area contributed by atoms with Crippen LogP contribution in [0.3, 0.4) is 0 Å². The number of phosphoric acid groups is 2. The molecule has 0 saturated carbocycles. The van der Waals surface area contributed by atoms with Crippen molar-refractivity contribution in [1.82, 2.24) is 0 Å². The topological polar surface area (TPSA) is 237 Å². The molecule has 3 N–H and O–H groups in total. The van der Waals surface area contributed by atoms with E-state index in [1.54, 1.807) is 0 Å². The lowest BCUT2D eigenvalue weighted by molar-refractivity contribution is -0.161. The molecule has 5 atom stereocenters. The Balaban J connectivity index is 5.21. The van der Waals surface area contributed by atoms with Crippen molar-refractivity contribution in [3.63, 3.8) is 0 Å². The number of carbonyl (C=O) groups excluding carboxylic acids is 4. The Bertz CT molecular complexity index is 1990. The van der Waals surface area contributed by atoms with Crippen LogP contribution in [0.1, 0.15) is 452 Å². The van der Waals surface area contributed by atoms with Crippen LogP contribution in [0, 0.1) is 11.8 Å². The van der Waals surface area contributed by atoms with Gasteiger partial charge in [0.05, 0.1) is 26.4 Å². The minimum Gasteiger partial charge on any atom is -0.462 e. The van der Waals surface area contributed by atoms with Crippen LogP contribution in [0.5, 0.6) is 0 Å². The molecule has 618 valence electrons. The lowest BCUT2D eigenvalue weighted by Gasteiger charge is -2.21. The summed E-state index contributed by atoms with van der Waals surface area (Å²) in [5, 5.41) is 10.7. The molecule has 0 aromatic heterocycles. The monoisotopic (exact) mass is 1520 g/mol. The van der Waals surface area contributed by atoms with E-state index in [2.05, 4.69) is 41.5 Å². The van der Waals surface area contributed by atoms with Crippen LogP contribution in [0.2, 0.25) is 0 Å². The lowest BCUT2D eigenvalue weighted by Crippen LogP contribution is -2.30. The SMILES string of the molecule is CCCCCCCCCCCCCCCCCCCCCCCCC(=O)O[C@H](COC(=O)CCCCCCCCCCCCCCCCCCCCC)COP(=O)(O)OC[C@@H](O)COP(=O)(O)OC[C@@H](COC(=O)CCCCCCCCCC(C)C)OC(=O)CCCCCCCCCCCCC(C)C. The highest BCUT2D eigenvalue weighted by molar-refractivity contribution is 7.47. The first kappa shape index (κ1) is 102. The lowest BCUT2D eigenvalue weighted by atomic mass is 10.0. The van der Waals surface area contributed by atoms with Gasteiger partial charge in [0.1, 0.15) is 19.3 Å². The maximum absolute atomic E-state index is 13.1. The number of rotatable bonds is 84. The van der Waals surface area contributed by atoms with Crippen LogP contribution < -0.4 is 0 Å². The molecule has 0 rings (SSSR count). The van der Waals surface area contributed by atoms with Gasteiger partial charge in [0, 0.05) is 25.7 Å². The minimum absolute atomic E-state index is 0.105. The van der Waals surface area contributed by atoms with E-state index in [1.807, 2.05) is 0 Å². The maximum Gasteiger partial charge on any atom is 0.472 e. The highest BCUT2D eigenvalue weighted by atomic mass is 31.2. The molecule has 0 aromatic carbocycles. The molecule has 104 heavy (non-hydrogen) atoms. The molecule has 0 aliphatic heterocycles. The second-order valence-corrected chi connectivity index (χ2v) is 34.4. The highest BCUT2D eigenvalue weighted by Crippen LogP contribution is 2.45. The van der Waals surface area contributed by atoms with Gasteiger partial charge in [-0.25, -0.2) is 9.13 Å². The van der Waals surface area contributed by atoms with Crippen LogP contribution in [-0.4, -0.2) is 96.7 Å². The number of phosphoric ester groups is 2. The van der Waals surface area contributed by atoms with Gasteiger partial charge in [-0.3, -0.25) is 37.3 Å². The number of esters is 4. The van der Waals surface area contributed by atoms with Gasteiger partial charge in [0.15, 0.2) is 12.2 Å². The number of ether oxygens (including phenoxy) is 4. The van der Waals surface area contributed by atoms with E-state index in [1.165, 1.54) is 263 Å². The summed E-state index contributed by atoms with van der Waals surface area (Å²) in [4.78, 5) is 73.1. The number of aliphatic hydroxyl groups is 1. The second kappa shape index (κ2) is 76.4. The number of unbranched alkanes of at least 4 members (excludes halogenated alkanes) is 54. The third kappa shape index (κ3) is 78.2. The fourth-order valence-corrected chi connectivity index (χ4v) is 14.8. The molecule has 0 aliphatic carbocycles. The van der Waals surface area contributed by atoms with Crippen molar-refractivity contribution in [3.8, 4) is 0 Å². The second-order valence-electron chi connectivity index (χ2n) is 31.5. The predicted octanol–water partition coefficient (Wildman–Crippen LogP) is 25.8. The van der Waals surface area contributed by atoms with Gasteiger partial charge in [-0.1, -0.05) is 401 Å². The number of aliphatic hydroxyl groups excluding tert-OH is 1. The third-order valence-corrected chi connectivity index (χ3v) is 21.9. The summed E-state index contributed by atoms with van der Waals surface area (Å²) < 4.78 is 68.8. The van der Waals surface area contributed by atoms with Crippen molar-refractivity contribution in [2.45, 2.75) is 471 Å². The van der Waals surface area contributed by atoms with E-state index < -0.39 is 97.5 Å². The Morgan fingerprint density at radius 2 is 0.442 bits per heavy atom. The number of hydrogen-bond donors (Lipinski definition) is 3. The van der Waals surface area contributed by atoms with E-state index >= 15 is 0 Å². The highest BCUT2D eigenvalue weighted by Gasteiger charge is 2.30. The average Bonchev–Trinajstić information content (AvgIpc) is 0.909. The smallest absolute Gasteiger partial charge is 0.462 e. The molecule has 17 nitrogen and oxygen atoms in total. The predicted molar refractivity (Wildman–Crippen MR) is 428 cm³/mol. The van der Waals surface area contributed by atoms with Crippen molar-refractivity contribution in [2.24, 2.45) is 11.8 Å². The van der Waals surface area contributed by atoms with Gasteiger partial charge in [-0.05, 0) is 37.5 Å². The fraction of sp³-hybridized carbons (Fsp3) is 0.953. The third-order valence-electron chi connectivity index (χ3n) is 20.0. The van der Waals surface area contributed by atoms with Crippen molar-refractivity contribution in [3.05, 3.63) is 0 Å². The van der Waals surface area contributed by atoms with Gasteiger partial charge < -0.3 is 33.8 Å². The summed E-state index contributed by atoms with van der Waals surface area (Å²) in [6, 6.07) is 0. The summed E-state index contributed by atoms with van der Waals surface area (Å²) in [7, 11) is -9.92. The summed E-state index contributed by atoms with van der Waals surface area (Å²) in [6.45, 7) is 9.59. The zero-order valence-electron chi connectivity index (χ0n) is 68.3. The van der Waals surface area contributed by atoms with Crippen LogP contribution in [0.25, 0.3) is 0 Å². The molecule has 19 heteroatoms. The van der Waals surface area contributed by atoms with Crippen LogP contribution in [0.15, 0.2) is 0 Å². The summed E-state index contributed by atoms with van der Waals surface area (Å²) in [5.41, 5.74) is 0. The molecular weight excluding hydrogens is 1350 g/mol. The number of carbonyl (C=O) groups is 4. The van der Waals surface area contributed by atoms with Gasteiger partial charge in [0.25, 0.3) is 0 Å². The van der Waals surface area contributed by atoms with Crippen molar-refractivity contribution in [1.29, 1.82) is 0 Å². The first-order valence-electron chi connectivity index (χ1n) is 44.0. The quantitative estimate of drug-likeness (QED) is 0.0222. The average molecular weight is 1520 g/mol. The van der Waals surface area contributed by atoms with Crippen LogP contribution in [0.4, 0.5) is 0 Å². The molecular formula is C85H166O17P2. The molecule has 0 bridgehead atoms. The van der Waals surface area contributed by atoms with E-state index in [0.29, 0.717) is 31.6 Å². The maximum atomic E-state index is 13.1. The van der Waals surface area contributed by atoms with E-state index in [4.69, 9.17) is 37.0 Å². The molecule has 0 saturated heterocycles. The zero-order valence-corrected chi connectivity index (χ0v) is 70.1. The Kier molecular flexibility index (Phi) is 75.0. The minimum atomic E-state index is -4.97.